The molecule has 42 heavy (non-hydrogen) atoms. The Hall–Kier alpha value is -4.74. The Morgan fingerprint density at radius 3 is 2.38 bits per heavy atom. The first-order valence-corrected chi connectivity index (χ1v) is 13.6. The summed E-state index contributed by atoms with van der Waals surface area (Å²) in [7, 11) is 2.68. The lowest BCUT2D eigenvalue weighted by Crippen LogP contribution is -2.44. The number of hydrogen-bond acceptors (Lipinski definition) is 9. The second-order valence-electron chi connectivity index (χ2n) is 10.1. The number of aryl methyl sites for hydroxylation is 4. The summed E-state index contributed by atoms with van der Waals surface area (Å²) in [5, 5.41) is 0.115. The van der Waals surface area contributed by atoms with Crippen LogP contribution in [0.5, 0.6) is 11.5 Å². The topological polar surface area (TPSA) is 139 Å². The van der Waals surface area contributed by atoms with E-state index in [9.17, 15) is 14.1 Å². The first-order valence-electron chi connectivity index (χ1n) is 13.6. The molecule has 0 unspecified atom stereocenters. The zero-order valence-electron chi connectivity index (χ0n) is 24.8. The molecule has 224 valence electrons. The second-order valence-corrected chi connectivity index (χ2v) is 10.1. The zero-order chi connectivity index (χ0) is 30.7. The zero-order valence-corrected chi connectivity index (χ0v) is 24.8. The van der Waals surface area contributed by atoms with Crippen LogP contribution in [0.3, 0.4) is 0 Å². The molecule has 12 heteroatoms. The molecule has 0 bridgehead atoms. The third-order valence-electron chi connectivity index (χ3n) is 7.19. The van der Waals surface area contributed by atoms with E-state index in [0.717, 1.165) is 34.9 Å². The monoisotopic (exact) mass is 580 g/mol. The number of ether oxygens (including phenoxy) is 3. The molecule has 0 saturated carbocycles. The maximum Gasteiger partial charge on any atom is 0.357 e. The molecule has 4 rings (SSSR count). The summed E-state index contributed by atoms with van der Waals surface area (Å²) in [5.41, 5.74) is 16.9. The van der Waals surface area contributed by atoms with Crippen LogP contribution >= 0.6 is 0 Å². The minimum absolute atomic E-state index is 0.115. The van der Waals surface area contributed by atoms with Crippen LogP contribution in [0.1, 0.15) is 29.2 Å². The van der Waals surface area contributed by atoms with Gasteiger partial charge in [-0.3, -0.25) is 9.13 Å². The van der Waals surface area contributed by atoms with Crippen molar-refractivity contribution in [3.8, 4) is 22.8 Å². The molecule has 1 aliphatic rings. The second kappa shape index (κ2) is 12.4. The quantitative estimate of drug-likeness (QED) is 0.224. The molecule has 0 saturated heterocycles. The van der Waals surface area contributed by atoms with E-state index in [1.165, 1.54) is 4.57 Å². The molecular weight excluding hydrogens is 543 g/mol. The first kappa shape index (κ1) is 30.2. The van der Waals surface area contributed by atoms with Crippen LogP contribution in [0.15, 0.2) is 51.6 Å². The van der Waals surface area contributed by atoms with E-state index in [1.54, 1.807) is 11.7 Å². The van der Waals surface area contributed by atoms with Crippen LogP contribution in [0.4, 0.5) is 10.2 Å². The Bertz CT molecular complexity index is 1670. The number of halogens is 1. The summed E-state index contributed by atoms with van der Waals surface area (Å²) in [6.07, 6.45) is 0.583. The van der Waals surface area contributed by atoms with Gasteiger partial charge in [0.25, 0.3) is 0 Å². The van der Waals surface area contributed by atoms with Crippen LogP contribution in [0, 0.1) is 20.8 Å². The Balaban J connectivity index is 1.91. The highest BCUT2D eigenvalue weighted by molar-refractivity contribution is 5.87. The fourth-order valence-corrected chi connectivity index (χ4v) is 5.19. The molecular formula is C30H37FN6O5. The van der Waals surface area contributed by atoms with Gasteiger partial charge in [0, 0.05) is 24.7 Å². The fraction of sp³-hybridized carbons (Fsp3) is 0.367. The lowest BCUT2D eigenvalue weighted by Gasteiger charge is -2.25. The summed E-state index contributed by atoms with van der Waals surface area (Å²) in [6.45, 7) is 8.19. The number of hydrogen-bond donors (Lipinski definition) is 2. The lowest BCUT2D eigenvalue weighted by molar-refractivity contribution is -0.136. The first-order chi connectivity index (χ1) is 20.0. The molecule has 11 nitrogen and oxygen atoms in total. The fourth-order valence-electron chi connectivity index (χ4n) is 5.19. The van der Waals surface area contributed by atoms with E-state index in [1.807, 2.05) is 58.0 Å². The number of benzene rings is 2. The molecule has 0 radical (unpaired) electrons. The number of esters is 1. The molecule has 4 N–H and O–H groups in total. The number of aromatic nitrogens is 2. The van der Waals surface area contributed by atoms with Gasteiger partial charge in [-0.15, -0.1) is 0 Å². The van der Waals surface area contributed by atoms with Crippen molar-refractivity contribution in [2.24, 2.45) is 16.5 Å². The van der Waals surface area contributed by atoms with Crippen LogP contribution in [-0.2, 0) is 29.0 Å². The molecule has 1 aliphatic heterocycles. The number of fused-ring (bicyclic) bond motifs is 3. The van der Waals surface area contributed by atoms with Gasteiger partial charge in [-0.25, -0.2) is 14.6 Å². The maximum absolute atomic E-state index is 15.0. The van der Waals surface area contributed by atoms with Gasteiger partial charge in [0.15, 0.2) is 23.0 Å². The van der Waals surface area contributed by atoms with Crippen LogP contribution in [0.2, 0.25) is 0 Å². The Kier molecular flexibility index (Phi) is 8.93. The highest BCUT2D eigenvalue weighted by Crippen LogP contribution is 2.37. The Labute approximate surface area is 243 Å². The van der Waals surface area contributed by atoms with E-state index < -0.39 is 17.5 Å². The van der Waals surface area contributed by atoms with Crippen molar-refractivity contribution in [1.82, 2.24) is 14.3 Å². The SMILES string of the molecule is CCOc1cc2c(cc1OC)-c1cc(=Nc3c(C)cc(C)cc3C)n(CCN(F)/C(N)=C(/N)C(=O)OC)c(=O)n1CC2. The third-order valence-corrected chi connectivity index (χ3v) is 7.19. The molecule has 0 amide bonds. The van der Waals surface area contributed by atoms with Crippen molar-refractivity contribution in [3.63, 3.8) is 0 Å². The Morgan fingerprint density at radius 1 is 1.07 bits per heavy atom. The van der Waals surface area contributed by atoms with E-state index in [2.05, 4.69) is 4.74 Å². The van der Waals surface area contributed by atoms with E-state index in [-0.39, 0.29) is 23.9 Å². The molecule has 1 aromatic heterocycles. The number of rotatable bonds is 9. The predicted molar refractivity (Wildman–Crippen MR) is 157 cm³/mol. The number of nitrogens with zero attached hydrogens (tertiary/aromatic N) is 4. The van der Waals surface area contributed by atoms with Crippen molar-refractivity contribution in [2.75, 3.05) is 27.4 Å². The van der Waals surface area contributed by atoms with Gasteiger partial charge < -0.3 is 25.7 Å². The van der Waals surface area contributed by atoms with E-state index in [0.29, 0.717) is 47.9 Å². The minimum atomic E-state index is -0.959. The molecule has 0 atom stereocenters. The Morgan fingerprint density at radius 2 is 1.76 bits per heavy atom. The normalized spacial score (nSPS) is 13.2. The molecule has 2 aromatic carbocycles. The standard InChI is InChI=1S/C30H37FN6O5/c1-7-42-24-14-20-8-9-35-22(21(20)15-23(24)40-5)16-25(34-27-18(3)12-17(2)13-19(27)4)36(30(35)39)10-11-37(31)28(33)26(32)29(38)41-6/h12-16H,7-11,32-33H2,1-6H3/b28-26+,34-25?. The molecule has 2 heterocycles. The summed E-state index contributed by atoms with van der Waals surface area (Å²) < 4.78 is 33.9. The van der Waals surface area contributed by atoms with E-state index >= 15 is 0 Å². The number of methoxy groups -OCH3 is 2. The van der Waals surface area contributed by atoms with Crippen molar-refractivity contribution >= 4 is 11.7 Å². The van der Waals surface area contributed by atoms with Crippen molar-refractivity contribution < 1.29 is 23.5 Å². The molecule has 3 aromatic rings. The number of carbonyl (C=O) groups excluding carboxylic acids is 1. The average Bonchev–Trinajstić information content (AvgIpc) is 2.96. The van der Waals surface area contributed by atoms with Crippen molar-refractivity contribution in [1.29, 1.82) is 0 Å². The summed E-state index contributed by atoms with van der Waals surface area (Å²) in [4.78, 5) is 30.6. The average molecular weight is 581 g/mol. The highest BCUT2D eigenvalue weighted by Gasteiger charge is 2.23. The van der Waals surface area contributed by atoms with Gasteiger partial charge in [-0.2, -0.15) is 5.12 Å². The largest absolute Gasteiger partial charge is 0.493 e. The van der Waals surface area contributed by atoms with Gasteiger partial charge in [0.2, 0.25) is 0 Å². The molecule has 0 fully saturated rings. The van der Waals surface area contributed by atoms with Gasteiger partial charge in [-0.1, -0.05) is 22.2 Å². The van der Waals surface area contributed by atoms with Crippen LogP contribution in [-0.4, -0.2) is 47.6 Å². The highest BCUT2D eigenvalue weighted by atomic mass is 19.2. The number of carbonyl (C=O) groups is 1. The van der Waals surface area contributed by atoms with Gasteiger partial charge in [0.1, 0.15) is 5.49 Å². The van der Waals surface area contributed by atoms with Crippen LogP contribution < -0.4 is 32.1 Å². The summed E-state index contributed by atoms with van der Waals surface area (Å²) in [6, 6.07) is 9.66. The molecule has 0 spiro atoms. The maximum atomic E-state index is 15.0. The van der Waals surface area contributed by atoms with Crippen molar-refractivity contribution in [2.45, 2.75) is 47.2 Å². The summed E-state index contributed by atoms with van der Waals surface area (Å²) in [5.74, 6) is -0.374. The van der Waals surface area contributed by atoms with Gasteiger partial charge in [-0.05, 0) is 62.9 Å². The van der Waals surface area contributed by atoms with Crippen LogP contribution in [0.25, 0.3) is 11.3 Å². The van der Waals surface area contributed by atoms with Gasteiger partial charge in [0.05, 0.1) is 38.8 Å². The smallest absolute Gasteiger partial charge is 0.357 e. The summed E-state index contributed by atoms with van der Waals surface area (Å²) >= 11 is 0. The third kappa shape index (κ3) is 5.83. The number of nitrogens with two attached hydrogens (primary N) is 2. The minimum Gasteiger partial charge on any atom is -0.493 e. The predicted octanol–water partition coefficient (Wildman–Crippen LogP) is 2.88. The lowest BCUT2D eigenvalue weighted by atomic mass is 9.97. The molecule has 0 aliphatic carbocycles. The van der Waals surface area contributed by atoms with Gasteiger partial charge >= 0.3 is 11.7 Å². The van der Waals surface area contributed by atoms with E-state index in [4.69, 9.17) is 25.9 Å². The van der Waals surface area contributed by atoms with Crippen molar-refractivity contribution in [3.05, 3.63) is 80.1 Å².